The van der Waals surface area contributed by atoms with Crippen LogP contribution in [-0.4, -0.2) is 39.4 Å². The second-order valence-electron chi connectivity index (χ2n) is 7.90. The number of fused-ring (bicyclic) bond motifs is 1. The second kappa shape index (κ2) is 9.26. The lowest BCUT2D eigenvalue weighted by Gasteiger charge is -2.29. The number of hydrogen-bond donors (Lipinski definition) is 2. The number of aromatic nitrogens is 3. The van der Waals surface area contributed by atoms with Gasteiger partial charge in [-0.25, -0.2) is 9.67 Å². The van der Waals surface area contributed by atoms with E-state index in [-0.39, 0.29) is 0 Å². The summed E-state index contributed by atoms with van der Waals surface area (Å²) in [4.78, 5) is 9.48. The van der Waals surface area contributed by atoms with E-state index in [0.29, 0.717) is 12.1 Å². The minimum Gasteiger partial charge on any atom is -0.469 e. The molecule has 28 heavy (non-hydrogen) atoms. The maximum atomic E-state index is 5.44. The Morgan fingerprint density at radius 2 is 2.07 bits per heavy atom. The van der Waals surface area contributed by atoms with Crippen molar-refractivity contribution in [3.63, 3.8) is 0 Å². The molecule has 1 aliphatic carbocycles. The van der Waals surface area contributed by atoms with Gasteiger partial charge in [0.05, 0.1) is 12.8 Å². The van der Waals surface area contributed by atoms with E-state index in [2.05, 4.69) is 32.3 Å². The zero-order valence-corrected chi connectivity index (χ0v) is 16.9. The van der Waals surface area contributed by atoms with E-state index < -0.39 is 0 Å². The molecule has 0 radical (unpaired) electrons. The smallest absolute Gasteiger partial charge is 0.191 e. The average Bonchev–Trinajstić information content (AvgIpc) is 3.37. The molecule has 1 fully saturated rings. The molecule has 152 valence electrons. The van der Waals surface area contributed by atoms with Gasteiger partial charge in [0.2, 0.25) is 0 Å². The van der Waals surface area contributed by atoms with Crippen LogP contribution in [0, 0.1) is 0 Å². The van der Waals surface area contributed by atoms with Crippen molar-refractivity contribution in [2.45, 2.75) is 83.3 Å². The fourth-order valence-electron chi connectivity index (χ4n) is 4.13. The summed E-state index contributed by atoms with van der Waals surface area (Å²) in [5, 5.41) is 12.0. The van der Waals surface area contributed by atoms with E-state index in [1.807, 2.05) is 12.1 Å². The average molecular weight is 385 g/mol. The Kier molecular flexibility index (Phi) is 6.29. The summed E-state index contributed by atoms with van der Waals surface area (Å²) in [7, 11) is 0. The molecule has 2 aliphatic rings. The Balaban J connectivity index is 1.38. The van der Waals surface area contributed by atoms with Crippen molar-refractivity contribution in [2.24, 2.45) is 4.99 Å². The van der Waals surface area contributed by atoms with Crippen molar-refractivity contribution >= 4 is 5.96 Å². The SMILES string of the molecule is CCc1nc2n(n1)CC(NC(=NCCc1ccco1)NC1CCCCC1)CC2. The van der Waals surface area contributed by atoms with Gasteiger partial charge in [0.15, 0.2) is 11.8 Å². The summed E-state index contributed by atoms with van der Waals surface area (Å²) >= 11 is 0. The van der Waals surface area contributed by atoms with Crippen LogP contribution >= 0.6 is 0 Å². The molecule has 0 aromatic carbocycles. The predicted molar refractivity (Wildman–Crippen MR) is 109 cm³/mol. The maximum absolute atomic E-state index is 5.44. The highest BCUT2D eigenvalue weighted by Gasteiger charge is 2.23. The largest absolute Gasteiger partial charge is 0.469 e. The first-order valence-corrected chi connectivity index (χ1v) is 10.8. The Labute approximate surface area is 167 Å². The minimum absolute atomic E-state index is 0.331. The monoisotopic (exact) mass is 384 g/mol. The lowest BCUT2D eigenvalue weighted by molar-refractivity contribution is 0.378. The summed E-state index contributed by atoms with van der Waals surface area (Å²) in [5.41, 5.74) is 0. The van der Waals surface area contributed by atoms with Crippen LogP contribution in [0.5, 0.6) is 0 Å². The quantitative estimate of drug-likeness (QED) is 0.591. The van der Waals surface area contributed by atoms with Crippen molar-refractivity contribution in [3.8, 4) is 0 Å². The van der Waals surface area contributed by atoms with Gasteiger partial charge in [-0.1, -0.05) is 26.2 Å². The molecule has 7 heteroatoms. The van der Waals surface area contributed by atoms with Crippen molar-refractivity contribution in [3.05, 3.63) is 35.8 Å². The van der Waals surface area contributed by atoms with Gasteiger partial charge in [0, 0.05) is 37.9 Å². The zero-order chi connectivity index (χ0) is 19.2. The number of aryl methyl sites for hydroxylation is 2. The van der Waals surface area contributed by atoms with Gasteiger partial charge in [-0.3, -0.25) is 4.99 Å². The normalized spacial score (nSPS) is 20.8. The van der Waals surface area contributed by atoms with E-state index in [1.54, 1.807) is 6.26 Å². The van der Waals surface area contributed by atoms with Crippen molar-refractivity contribution in [2.75, 3.05) is 6.54 Å². The number of rotatable bonds is 6. The van der Waals surface area contributed by atoms with E-state index in [1.165, 1.54) is 32.1 Å². The summed E-state index contributed by atoms with van der Waals surface area (Å²) in [6.45, 7) is 3.68. The lowest BCUT2D eigenvalue weighted by atomic mass is 9.96. The van der Waals surface area contributed by atoms with Gasteiger partial charge >= 0.3 is 0 Å². The van der Waals surface area contributed by atoms with Gasteiger partial charge in [-0.05, 0) is 31.4 Å². The fraction of sp³-hybridized carbons (Fsp3) is 0.667. The van der Waals surface area contributed by atoms with Gasteiger partial charge in [-0.2, -0.15) is 5.10 Å². The molecule has 4 rings (SSSR count). The zero-order valence-electron chi connectivity index (χ0n) is 16.9. The van der Waals surface area contributed by atoms with Gasteiger partial charge in [-0.15, -0.1) is 0 Å². The first-order valence-electron chi connectivity index (χ1n) is 10.8. The molecule has 0 bridgehead atoms. The van der Waals surface area contributed by atoms with Crippen LogP contribution in [0.4, 0.5) is 0 Å². The van der Waals surface area contributed by atoms with Crippen LogP contribution in [-0.2, 0) is 25.8 Å². The highest BCUT2D eigenvalue weighted by Crippen LogP contribution is 2.18. The summed E-state index contributed by atoms with van der Waals surface area (Å²) < 4.78 is 7.51. The van der Waals surface area contributed by atoms with Crippen LogP contribution < -0.4 is 10.6 Å². The third-order valence-electron chi connectivity index (χ3n) is 5.71. The summed E-state index contributed by atoms with van der Waals surface area (Å²) in [6.07, 6.45) is 11.9. The van der Waals surface area contributed by atoms with E-state index in [9.17, 15) is 0 Å². The third kappa shape index (κ3) is 4.94. The topological polar surface area (TPSA) is 80.3 Å². The first kappa shape index (κ1) is 19.0. The molecule has 0 amide bonds. The Bertz CT molecular complexity index is 760. The molecule has 3 heterocycles. The van der Waals surface area contributed by atoms with Gasteiger partial charge in [0.25, 0.3) is 0 Å². The Morgan fingerprint density at radius 3 is 2.86 bits per heavy atom. The number of aliphatic imine (C=N–C) groups is 1. The standard InChI is InChI=1S/C21H32N6O/c1-2-19-25-20-11-10-17(15-27(20)26-19)24-21(23-16-7-4-3-5-8-16)22-13-12-18-9-6-14-28-18/h6,9,14,16-17H,2-5,7-8,10-13,15H2,1H3,(H2,22,23,24). The first-order chi connectivity index (χ1) is 13.8. The maximum Gasteiger partial charge on any atom is 0.191 e. The highest BCUT2D eigenvalue weighted by molar-refractivity contribution is 5.80. The van der Waals surface area contributed by atoms with Crippen LogP contribution in [0.3, 0.4) is 0 Å². The third-order valence-corrected chi connectivity index (χ3v) is 5.71. The summed E-state index contributed by atoms with van der Waals surface area (Å²) in [5.74, 6) is 3.98. The summed E-state index contributed by atoms with van der Waals surface area (Å²) in [6, 6.07) is 4.80. The van der Waals surface area contributed by atoms with Crippen LogP contribution in [0.1, 0.15) is 62.9 Å². The van der Waals surface area contributed by atoms with Crippen molar-refractivity contribution in [1.29, 1.82) is 0 Å². The molecule has 1 saturated carbocycles. The van der Waals surface area contributed by atoms with Gasteiger partial charge in [0.1, 0.15) is 11.6 Å². The van der Waals surface area contributed by atoms with E-state index in [0.717, 1.165) is 62.1 Å². The van der Waals surface area contributed by atoms with E-state index >= 15 is 0 Å². The molecular formula is C21H32N6O. The molecule has 7 nitrogen and oxygen atoms in total. The number of nitrogens with zero attached hydrogens (tertiary/aromatic N) is 4. The molecule has 1 unspecified atom stereocenters. The van der Waals surface area contributed by atoms with Crippen molar-refractivity contribution < 1.29 is 4.42 Å². The fourth-order valence-corrected chi connectivity index (χ4v) is 4.13. The molecule has 0 spiro atoms. The van der Waals surface area contributed by atoms with Crippen LogP contribution in [0.15, 0.2) is 27.8 Å². The number of nitrogens with one attached hydrogen (secondary N) is 2. The molecule has 2 aromatic rings. The number of furan rings is 1. The minimum atomic E-state index is 0.331. The Morgan fingerprint density at radius 1 is 1.21 bits per heavy atom. The molecular weight excluding hydrogens is 352 g/mol. The number of guanidine groups is 1. The Hall–Kier alpha value is -2.31. The van der Waals surface area contributed by atoms with Crippen LogP contribution in [0.25, 0.3) is 0 Å². The highest BCUT2D eigenvalue weighted by atomic mass is 16.3. The molecule has 2 N–H and O–H groups in total. The lowest BCUT2D eigenvalue weighted by Crippen LogP contribution is -2.50. The number of hydrogen-bond acceptors (Lipinski definition) is 4. The molecule has 0 saturated heterocycles. The molecule has 1 aliphatic heterocycles. The van der Waals surface area contributed by atoms with E-state index in [4.69, 9.17) is 9.41 Å². The van der Waals surface area contributed by atoms with Crippen LogP contribution in [0.2, 0.25) is 0 Å². The van der Waals surface area contributed by atoms with Crippen molar-refractivity contribution in [1.82, 2.24) is 25.4 Å². The second-order valence-corrected chi connectivity index (χ2v) is 7.90. The molecule has 2 aromatic heterocycles. The molecule has 1 atom stereocenters. The predicted octanol–water partition coefficient (Wildman–Crippen LogP) is 2.86. The van der Waals surface area contributed by atoms with Gasteiger partial charge < -0.3 is 15.1 Å².